The third-order valence-electron chi connectivity index (χ3n) is 2.87. The smallest absolute Gasteiger partial charge is 0.246 e. The Hall–Kier alpha value is -1.35. The Morgan fingerprint density at radius 3 is 2.71 bits per heavy atom. The minimum absolute atomic E-state index is 0.0508. The summed E-state index contributed by atoms with van der Waals surface area (Å²) in [5, 5.41) is 6.25. The molecule has 3 nitrogen and oxygen atoms in total. The molecule has 0 fully saturated rings. The van der Waals surface area contributed by atoms with Crippen molar-refractivity contribution in [1.29, 1.82) is 0 Å². The zero-order chi connectivity index (χ0) is 12.6. The van der Waals surface area contributed by atoms with E-state index in [0.29, 0.717) is 0 Å². The first-order valence-corrected chi connectivity index (χ1v) is 6.02. The molecule has 0 aromatic heterocycles. The second-order valence-corrected chi connectivity index (χ2v) is 5.95. The summed E-state index contributed by atoms with van der Waals surface area (Å²) >= 11 is 0. The van der Waals surface area contributed by atoms with E-state index < -0.39 is 0 Å². The number of fused-ring (bicyclic) bond motifs is 1. The maximum absolute atomic E-state index is 11.9. The lowest BCUT2D eigenvalue weighted by Gasteiger charge is -2.21. The van der Waals surface area contributed by atoms with Crippen molar-refractivity contribution in [2.45, 2.75) is 33.7 Å². The molecule has 1 amide bonds. The molecule has 2 rings (SSSR count). The standard InChI is InChI=1S/C14H20N2O/c1-9-5-6-11-10(7-9)12(13(17)16-11)15-8-14(2,3)4/h5-7,12,15H,8H2,1-4H3,(H,16,17). The number of aryl methyl sites for hydroxylation is 1. The van der Waals surface area contributed by atoms with Crippen molar-refractivity contribution in [3.63, 3.8) is 0 Å². The van der Waals surface area contributed by atoms with E-state index in [4.69, 9.17) is 0 Å². The van der Waals surface area contributed by atoms with Gasteiger partial charge in [-0.15, -0.1) is 0 Å². The van der Waals surface area contributed by atoms with E-state index in [-0.39, 0.29) is 17.4 Å². The number of carbonyl (C=O) groups is 1. The third kappa shape index (κ3) is 2.67. The fraction of sp³-hybridized carbons (Fsp3) is 0.500. The highest BCUT2D eigenvalue weighted by molar-refractivity contribution is 6.02. The van der Waals surface area contributed by atoms with E-state index in [2.05, 4.69) is 37.5 Å². The van der Waals surface area contributed by atoms with Crippen LogP contribution in [0.5, 0.6) is 0 Å². The molecular weight excluding hydrogens is 212 g/mol. The van der Waals surface area contributed by atoms with Crippen LogP contribution >= 0.6 is 0 Å². The Morgan fingerprint density at radius 1 is 1.35 bits per heavy atom. The number of hydrogen-bond acceptors (Lipinski definition) is 2. The van der Waals surface area contributed by atoms with E-state index in [9.17, 15) is 4.79 Å². The van der Waals surface area contributed by atoms with Gasteiger partial charge in [-0.05, 0) is 18.4 Å². The molecule has 17 heavy (non-hydrogen) atoms. The van der Waals surface area contributed by atoms with Gasteiger partial charge in [-0.25, -0.2) is 0 Å². The second kappa shape index (κ2) is 4.15. The summed E-state index contributed by atoms with van der Waals surface area (Å²) in [4.78, 5) is 11.9. The molecule has 1 aliphatic heterocycles. The summed E-state index contributed by atoms with van der Waals surface area (Å²) in [7, 11) is 0. The van der Waals surface area contributed by atoms with Crippen LogP contribution in [0.2, 0.25) is 0 Å². The van der Waals surface area contributed by atoms with Crippen molar-refractivity contribution in [1.82, 2.24) is 5.32 Å². The molecule has 1 aromatic rings. The molecule has 2 N–H and O–H groups in total. The Balaban J connectivity index is 2.19. The fourth-order valence-corrected chi connectivity index (χ4v) is 1.99. The highest BCUT2D eigenvalue weighted by Crippen LogP contribution is 2.31. The van der Waals surface area contributed by atoms with E-state index in [1.165, 1.54) is 5.56 Å². The molecule has 1 unspecified atom stereocenters. The lowest BCUT2D eigenvalue weighted by Crippen LogP contribution is -2.34. The van der Waals surface area contributed by atoms with Crippen LogP contribution in [0.15, 0.2) is 18.2 Å². The van der Waals surface area contributed by atoms with Gasteiger partial charge in [0.1, 0.15) is 6.04 Å². The van der Waals surface area contributed by atoms with Gasteiger partial charge in [0.2, 0.25) is 5.91 Å². The molecule has 1 aromatic carbocycles. The van der Waals surface area contributed by atoms with Crippen LogP contribution < -0.4 is 10.6 Å². The molecule has 0 radical (unpaired) electrons. The largest absolute Gasteiger partial charge is 0.324 e. The molecular formula is C14H20N2O. The molecule has 3 heteroatoms. The minimum atomic E-state index is -0.205. The van der Waals surface area contributed by atoms with Gasteiger partial charge in [-0.1, -0.05) is 38.5 Å². The normalized spacial score (nSPS) is 19.1. The minimum Gasteiger partial charge on any atom is -0.324 e. The zero-order valence-electron chi connectivity index (χ0n) is 10.9. The van der Waals surface area contributed by atoms with Crippen LogP contribution in [0.25, 0.3) is 0 Å². The van der Waals surface area contributed by atoms with E-state index in [0.717, 1.165) is 17.8 Å². The van der Waals surface area contributed by atoms with Crippen LogP contribution in [0.1, 0.15) is 37.9 Å². The van der Waals surface area contributed by atoms with Crippen LogP contribution in [0, 0.1) is 12.3 Å². The lowest BCUT2D eigenvalue weighted by atomic mass is 9.96. The second-order valence-electron chi connectivity index (χ2n) is 5.95. The van der Waals surface area contributed by atoms with Gasteiger partial charge >= 0.3 is 0 Å². The maximum Gasteiger partial charge on any atom is 0.246 e. The molecule has 0 saturated carbocycles. The van der Waals surface area contributed by atoms with Crippen molar-refractivity contribution in [3.05, 3.63) is 29.3 Å². The number of nitrogens with one attached hydrogen (secondary N) is 2. The number of rotatable bonds is 2. The summed E-state index contributed by atoms with van der Waals surface area (Å²) in [6, 6.07) is 5.87. The van der Waals surface area contributed by atoms with Gasteiger partial charge in [0.05, 0.1) is 0 Å². The summed E-state index contributed by atoms with van der Waals surface area (Å²) < 4.78 is 0. The van der Waals surface area contributed by atoms with Crippen molar-refractivity contribution >= 4 is 11.6 Å². The van der Waals surface area contributed by atoms with E-state index in [1.807, 2.05) is 19.1 Å². The lowest BCUT2D eigenvalue weighted by molar-refractivity contribution is -0.117. The molecule has 0 saturated heterocycles. The number of amides is 1. The first-order valence-electron chi connectivity index (χ1n) is 6.02. The summed E-state index contributed by atoms with van der Waals surface area (Å²) in [5.74, 6) is 0.0508. The Morgan fingerprint density at radius 2 is 2.06 bits per heavy atom. The Labute approximate surface area is 103 Å². The molecule has 0 spiro atoms. The first kappa shape index (κ1) is 12.1. The highest BCUT2D eigenvalue weighted by atomic mass is 16.2. The van der Waals surface area contributed by atoms with Crippen molar-refractivity contribution in [2.24, 2.45) is 5.41 Å². The first-order chi connectivity index (χ1) is 7.87. The van der Waals surface area contributed by atoms with Gasteiger partial charge in [0.25, 0.3) is 0 Å². The molecule has 92 valence electrons. The number of anilines is 1. The quantitative estimate of drug-likeness (QED) is 0.823. The molecule has 1 aliphatic rings. The number of hydrogen-bond donors (Lipinski definition) is 2. The summed E-state index contributed by atoms with van der Waals surface area (Å²) in [5.41, 5.74) is 3.36. The predicted molar refractivity (Wildman–Crippen MR) is 70.0 cm³/mol. The van der Waals surface area contributed by atoms with Crippen molar-refractivity contribution < 1.29 is 4.79 Å². The number of benzene rings is 1. The molecule has 0 bridgehead atoms. The van der Waals surface area contributed by atoms with Crippen LogP contribution in [0.3, 0.4) is 0 Å². The highest BCUT2D eigenvalue weighted by Gasteiger charge is 2.30. The van der Waals surface area contributed by atoms with E-state index >= 15 is 0 Å². The summed E-state index contributed by atoms with van der Waals surface area (Å²) in [6.45, 7) is 9.33. The van der Waals surface area contributed by atoms with Crippen LogP contribution in [-0.4, -0.2) is 12.5 Å². The number of carbonyl (C=O) groups excluding carboxylic acids is 1. The molecule has 0 aliphatic carbocycles. The summed E-state index contributed by atoms with van der Waals surface area (Å²) in [6.07, 6.45) is 0. The van der Waals surface area contributed by atoms with Crippen molar-refractivity contribution in [3.8, 4) is 0 Å². The van der Waals surface area contributed by atoms with E-state index in [1.54, 1.807) is 0 Å². The third-order valence-corrected chi connectivity index (χ3v) is 2.87. The van der Waals surface area contributed by atoms with Gasteiger partial charge < -0.3 is 10.6 Å². The monoisotopic (exact) mass is 232 g/mol. The van der Waals surface area contributed by atoms with Gasteiger partial charge in [-0.2, -0.15) is 0 Å². The Bertz CT molecular complexity index is 446. The van der Waals surface area contributed by atoms with Gasteiger partial charge in [-0.3, -0.25) is 4.79 Å². The maximum atomic E-state index is 11.9. The molecule has 1 heterocycles. The average molecular weight is 232 g/mol. The van der Waals surface area contributed by atoms with Gasteiger partial charge in [0, 0.05) is 17.8 Å². The SMILES string of the molecule is Cc1ccc2c(c1)C(NCC(C)(C)C)C(=O)N2. The predicted octanol–water partition coefficient (Wildman–Crippen LogP) is 2.62. The molecule has 1 atom stereocenters. The van der Waals surface area contributed by atoms with Gasteiger partial charge in [0.15, 0.2) is 0 Å². The fourth-order valence-electron chi connectivity index (χ4n) is 1.99. The van der Waals surface area contributed by atoms with Crippen LogP contribution in [0.4, 0.5) is 5.69 Å². The topological polar surface area (TPSA) is 41.1 Å². The van der Waals surface area contributed by atoms with Crippen molar-refractivity contribution in [2.75, 3.05) is 11.9 Å². The Kier molecular flexibility index (Phi) is 2.96. The van der Waals surface area contributed by atoms with Crippen LogP contribution in [-0.2, 0) is 4.79 Å². The zero-order valence-corrected chi connectivity index (χ0v) is 10.9. The average Bonchev–Trinajstić information content (AvgIpc) is 2.49.